The molecule has 0 radical (unpaired) electrons. The molecule has 1 aliphatic heterocycles. The Kier molecular flexibility index (Phi) is 10.0. The summed E-state index contributed by atoms with van der Waals surface area (Å²) in [6.45, 7) is 4.12. The number of carbonyl (C=O) groups excluding carboxylic acids is 3. The second kappa shape index (κ2) is 13.7. The van der Waals surface area contributed by atoms with E-state index in [2.05, 4.69) is 16.0 Å². The summed E-state index contributed by atoms with van der Waals surface area (Å²) in [4.78, 5) is 42.4. The highest BCUT2D eigenvalue weighted by atomic mass is 19.1. The van der Waals surface area contributed by atoms with Crippen LogP contribution in [0.25, 0.3) is 0 Å². The third-order valence-electron chi connectivity index (χ3n) is 7.76. The molecule has 4 rings (SSSR count). The van der Waals surface area contributed by atoms with Gasteiger partial charge in [-0.3, -0.25) is 4.79 Å². The number of aliphatic hydroxyl groups is 1. The maximum absolute atomic E-state index is 13.7. The van der Waals surface area contributed by atoms with Gasteiger partial charge >= 0.3 is 12.1 Å². The summed E-state index contributed by atoms with van der Waals surface area (Å²) in [6, 6.07) is 9.14. The number of likely N-dealkylation sites (N-methyl/N-ethyl adjacent to an activating group) is 1. The standard InChI is InChI=1S/C30H40FN5O5/c1-19-16-36(20(2)18-37)28(38)25-15-24(33-29(39)32-23-11-9-21(31)10-12-23)13-14-26(25)41-27(19)17-35(3)30(40)34-22-7-5-4-6-8-22/h9-15,19-20,22,27,37H,4-8,16-18H2,1-3H3,(H,34,40)(H2,32,33,39)/t19-,20+,27-/m1/s1. The molecule has 0 saturated heterocycles. The number of benzene rings is 2. The Bertz CT molecular complexity index is 1220. The maximum atomic E-state index is 13.7. The third-order valence-corrected chi connectivity index (χ3v) is 7.76. The fourth-order valence-corrected chi connectivity index (χ4v) is 5.23. The van der Waals surface area contributed by atoms with Crippen LogP contribution in [0.3, 0.4) is 0 Å². The van der Waals surface area contributed by atoms with Gasteiger partial charge in [0, 0.05) is 36.9 Å². The van der Waals surface area contributed by atoms with Gasteiger partial charge in [-0.2, -0.15) is 0 Å². The van der Waals surface area contributed by atoms with Gasteiger partial charge in [-0.25, -0.2) is 14.0 Å². The molecule has 10 nitrogen and oxygen atoms in total. The van der Waals surface area contributed by atoms with Gasteiger partial charge in [-0.1, -0.05) is 26.2 Å². The minimum atomic E-state index is -0.562. The summed E-state index contributed by atoms with van der Waals surface area (Å²) >= 11 is 0. The SMILES string of the molecule is C[C@@H]1CN([C@@H](C)CO)C(=O)c2cc(NC(=O)Nc3ccc(F)cc3)ccc2O[C@@H]1CN(C)C(=O)NC1CCCCC1. The number of rotatable bonds is 7. The monoisotopic (exact) mass is 569 g/mol. The van der Waals surface area contributed by atoms with E-state index in [1.165, 1.54) is 36.8 Å². The fourth-order valence-electron chi connectivity index (χ4n) is 5.23. The smallest absolute Gasteiger partial charge is 0.323 e. The number of fused-ring (bicyclic) bond motifs is 1. The van der Waals surface area contributed by atoms with E-state index in [4.69, 9.17) is 4.74 Å². The Balaban J connectivity index is 1.52. The lowest BCUT2D eigenvalue weighted by molar-refractivity contribution is 0.0366. The molecule has 5 amide bonds. The average Bonchev–Trinajstić information content (AvgIpc) is 2.96. The van der Waals surface area contributed by atoms with E-state index in [9.17, 15) is 23.9 Å². The second-order valence-corrected chi connectivity index (χ2v) is 11.1. The van der Waals surface area contributed by atoms with Crippen LogP contribution in [-0.2, 0) is 0 Å². The predicted octanol–water partition coefficient (Wildman–Crippen LogP) is 4.66. The fraction of sp³-hybridized carbons (Fsp3) is 0.500. The molecule has 1 heterocycles. The Morgan fingerprint density at radius 1 is 1.10 bits per heavy atom. The molecular weight excluding hydrogens is 529 g/mol. The topological polar surface area (TPSA) is 123 Å². The van der Waals surface area contributed by atoms with E-state index in [-0.39, 0.29) is 36.1 Å². The lowest BCUT2D eigenvalue weighted by Gasteiger charge is -2.38. The normalized spacial score (nSPS) is 20.1. The van der Waals surface area contributed by atoms with Crippen LogP contribution in [0.5, 0.6) is 5.75 Å². The molecule has 2 aromatic rings. The van der Waals surface area contributed by atoms with Crippen molar-refractivity contribution in [1.29, 1.82) is 0 Å². The number of hydrogen-bond acceptors (Lipinski definition) is 5. The minimum Gasteiger partial charge on any atom is -0.487 e. The van der Waals surface area contributed by atoms with E-state index in [1.807, 2.05) is 6.92 Å². The van der Waals surface area contributed by atoms with Crippen molar-refractivity contribution in [1.82, 2.24) is 15.1 Å². The summed E-state index contributed by atoms with van der Waals surface area (Å²) < 4.78 is 19.5. The summed E-state index contributed by atoms with van der Waals surface area (Å²) in [7, 11) is 1.74. The zero-order valence-electron chi connectivity index (χ0n) is 23.9. The van der Waals surface area contributed by atoms with Gasteiger partial charge in [0.15, 0.2) is 0 Å². The van der Waals surface area contributed by atoms with E-state index < -0.39 is 24.0 Å². The molecule has 11 heteroatoms. The minimum absolute atomic E-state index is 0.148. The lowest BCUT2D eigenvalue weighted by atomic mass is 9.96. The molecule has 222 valence electrons. The molecule has 2 aliphatic rings. The van der Waals surface area contributed by atoms with Gasteiger partial charge in [0.05, 0.1) is 24.8 Å². The van der Waals surface area contributed by atoms with Gasteiger partial charge < -0.3 is 35.6 Å². The number of ether oxygens (including phenoxy) is 1. The average molecular weight is 570 g/mol. The summed E-state index contributed by atoms with van der Waals surface area (Å²) in [6.07, 6.45) is 4.97. The number of halogens is 1. The molecule has 1 fully saturated rings. The molecule has 0 spiro atoms. The van der Waals surface area contributed by atoms with Crippen LogP contribution in [0, 0.1) is 11.7 Å². The van der Waals surface area contributed by atoms with Gasteiger partial charge in [0.2, 0.25) is 0 Å². The first kappa shape index (κ1) is 30.1. The Labute approximate surface area is 240 Å². The second-order valence-electron chi connectivity index (χ2n) is 11.1. The number of hydrogen-bond donors (Lipinski definition) is 4. The van der Waals surface area contributed by atoms with Crippen molar-refractivity contribution in [2.75, 3.05) is 37.4 Å². The Hall–Kier alpha value is -3.86. The van der Waals surface area contributed by atoms with Gasteiger partial charge in [0.25, 0.3) is 5.91 Å². The van der Waals surface area contributed by atoms with E-state index in [0.717, 1.165) is 25.7 Å². The molecule has 0 aromatic heterocycles. The van der Waals surface area contributed by atoms with Gasteiger partial charge in [0.1, 0.15) is 17.7 Å². The molecule has 41 heavy (non-hydrogen) atoms. The van der Waals surface area contributed by atoms with Crippen LogP contribution in [0.2, 0.25) is 0 Å². The number of nitrogens with one attached hydrogen (secondary N) is 3. The van der Waals surface area contributed by atoms with Crippen molar-refractivity contribution in [2.24, 2.45) is 5.92 Å². The number of urea groups is 2. The molecule has 4 N–H and O–H groups in total. The first-order valence-electron chi connectivity index (χ1n) is 14.2. The van der Waals surface area contributed by atoms with E-state index >= 15 is 0 Å². The summed E-state index contributed by atoms with van der Waals surface area (Å²) in [5.41, 5.74) is 0.994. The largest absolute Gasteiger partial charge is 0.487 e. The number of aliphatic hydroxyl groups excluding tert-OH is 1. The Morgan fingerprint density at radius 3 is 2.44 bits per heavy atom. The van der Waals surface area contributed by atoms with Crippen molar-refractivity contribution >= 4 is 29.3 Å². The van der Waals surface area contributed by atoms with Crippen molar-refractivity contribution in [3.63, 3.8) is 0 Å². The predicted molar refractivity (Wildman–Crippen MR) is 155 cm³/mol. The zero-order chi connectivity index (χ0) is 29.5. The highest BCUT2D eigenvalue weighted by Gasteiger charge is 2.34. The van der Waals surface area contributed by atoms with Crippen molar-refractivity contribution < 1.29 is 28.6 Å². The van der Waals surface area contributed by atoms with Crippen LogP contribution in [0.4, 0.5) is 25.4 Å². The van der Waals surface area contributed by atoms with Crippen molar-refractivity contribution in [3.05, 3.63) is 53.8 Å². The summed E-state index contributed by atoms with van der Waals surface area (Å²) in [5, 5.41) is 18.3. The molecule has 0 bridgehead atoms. The van der Waals surface area contributed by atoms with Crippen LogP contribution in [-0.4, -0.2) is 77.8 Å². The van der Waals surface area contributed by atoms with E-state index in [1.54, 1.807) is 35.9 Å². The molecule has 3 atom stereocenters. The van der Waals surface area contributed by atoms with Crippen molar-refractivity contribution in [2.45, 2.75) is 64.1 Å². The summed E-state index contributed by atoms with van der Waals surface area (Å²) in [5.74, 6) is -0.572. The lowest BCUT2D eigenvalue weighted by Crippen LogP contribution is -2.52. The van der Waals surface area contributed by atoms with Crippen LogP contribution < -0.4 is 20.7 Å². The number of anilines is 2. The molecule has 0 unspecified atom stereocenters. The molecule has 1 saturated carbocycles. The van der Waals surface area contributed by atoms with Crippen molar-refractivity contribution in [3.8, 4) is 5.75 Å². The number of nitrogens with zero attached hydrogens (tertiary/aromatic N) is 2. The van der Waals surface area contributed by atoms with Crippen LogP contribution in [0.15, 0.2) is 42.5 Å². The number of amides is 5. The molecular formula is C30H40FN5O5. The molecule has 2 aromatic carbocycles. The molecule has 1 aliphatic carbocycles. The highest BCUT2D eigenvalue weighted by Crippen LogP contribution is 2.31. The first-order valence-corrected chi connectivity index (χ1v) is 14.2. The third kappa shape index (κ3) is 7.87. The van der Waals surface area contributed by atoms with Crippen LogP contribution in [0.1, 0.15) is 56.3 Å². The first-order chi connectivity index (χ1) is 19.6. The Morgan fingerprint density at radius 2 is 1.76 bits per heavy atom. The maximum Gasteiger partial charge on any atom is 0.323 e. The van der Waals surface area contributed by atoms with E-state index in [0.29, 0.717) is 30.2 Å². The quantitative estimate of drug-likeness (QED) is 0.386. The highest BCUT2D eigenvalue weighted by molar-refractivity contribution is 6.02. The van der Waals surface area contributed by atoms with Crippen LogP contribution >= 0.6 is 0 Å². The number of carbonyl (C=O) groups is 3. The van der Waals surface area contributed by atoms with Gasteiger partial charge in [-0.05, 0) is 62.2 Å². The zero-order valence-corrected chi connectivity index (χ0v) is 23.9. The van der Waals surface area contributed by atoms with Gasteiger partial charge in [-0.15, -0.1) is 0 Å².